The van der Waals surface area contributed by atoms with Gasteiger partial charge in [-0.2, -0.15) is 0 Å². The molecule has 2 aromatic heterocycles. The molecule has 1 fully saturated rings. The van der Waals surface area contributed by atoms with Gasteiger partial charge in [0.15, 0.2) is 0 Å². The van der Waals surface area contributed by atoms with Crippen LogP contribution in [0.5, 0.6) is 0 Å². The van der Waals surface area contributed by atoms with Crippen LogP contribution < -0.4 is 0 Å². The summed E-state index contributed by atoms with van der Waals surface area (Å²) in [5.74, 6) is -0.200. The van der Waals surface area contributed by atoms with E-state index in [1.165, 1.54) is 11.3 Å². The molecule has 0 bridgehead atoms. The van der Waals surface area contributed by atoms with E-state index in [0.29, 0.717) is 19.7 Å². The second kappa shape index (κ2) is 8.20. The molecule has 1 aliphatic rings. The summed E-state index contributed by atoms with van der Waals surface area (Å²) in [7, 11) is 0. The molecular formula is C18H24N4O3S. The number of pyridine rings is 1. The number of hydrogen-bond donors (Lipinski definition) is 0. The second-order valence-electron chi connectivity index (χ2n) is 7.30. The monoisotopic (exact) mass is 376 g/mol. The lowest BCUT2D eigenvalue weighted by Gasteiger charge is -2.31. The Labute approximate surface area is 157 Å². The van der Waals surface area contributed by atoms with Crippen LogP contribution in [-0.2, 0) is 21.0 Å². The smallest absolute Gasteiger partial charge is 0.330 e. The van der Waals surface area contributed by atoms with Gasteiger partial charge in [0.2, 0.25) is 0 Å². The maximum Gasteiger partial charge on any atom is 0.330 e. The van der Waals surface area contributed by atoms with Crippen LogP contribution >= 0.6 is 11.3 Å². The molecule has 0 spiro atoms. The highest BCUT2D eigenvalue weighted by molar-refractivity contribution is 7.14. The van der Waals surface area contributed by atoms with Crippen molar-refractivity contribution >= 4 is 17.3 Å². The average molecular weight is 376 g/mol. The van der Waals surface area contributed by atoms with Crippen molar-refractivity contribution in [2.45, 2.75) is 46.3 Å². The number of hydrogen-bond acceptors (Lipinski definition) is 8. The van der Waals surface area contributed by atoms with Gasteiger partial charge in [0, 0.05) is 31.0 Å². The normalized spacial score (nSPS) is 16.6. The van der Waals surface area contributed by atoms with Gasteiger partial charge in [0.1, 0.15) is 16.6 Å². The maximum absolute atomic E-state index is 11.9. The molecule has 3 rings (SSSR count). The average Bonchev–Trinajstić information content (AvgIpc) is 3.10. The van der Waals surface area contributed by atoms with Gasteiger partial charge in [-0.1, -0.05) is 11.3 Å². The number of piperidine rings is 1. The quantitative estimate of drug-likeness (QED) is 0.793. The van der Waals surface area contributed by atoms with Crippen molar-refractivity contribution in [1.82, 2.24) is 20.2 Å². The van der Waals surface area contributed by atoms with E-state index in [-0.39, 0.29) is 12.1 Å². The molecular weight excluding hydrogens is 352 g/mol. The highest BCUT2D eigenvalue weighted by Gasteiger charge is 2.28. The molecule has 0 atom stereocenters. The lowest BCUT2D eigenvalue weighted by molar-refractivity contribution is -0.209. The number of rotatable bonds is 5. The first-order chi connectivity index (χ1) is 12.4. The fraction of sp³-hybridized carbons (Fsp3) is 0.556. The summed E-state index contributed by atoms with van der Waals surface area (Å²) in [5.41, 5.74) is 0.523. The molecule has 3 heterocycles. The third-order valence-corrected chi connectivity index (χ3v) is 5.01. The highest BCUT2D eigenvalue weighted by Crippen LogP contribution is 2.24. The molecule has 2 aromatic rings. The Hall–Kier alpha value is -1.90. The molecule has 8 heteroatoms. The third kappa shape index (κ3) is 5.06. The van der Waals surface area contributed by atoms with E-state index in [9.17, 15) is 4.79 Å². The summed E-state index contributed by atoms with van der Waals surface area (Å²) in [6, 6.07) is 3.83. The molecule has 0 unspecified atom stereocenters. The van der Waals surface area contributed by atoms with Crippen LogP contribution in [-0.4, -0.2) is 45.4 Å². The van der Waals surface area contributed by atoms with E-state index in [0.717, 1.165) is 28.4 Å². The summed E-state index contributed by atoms with van der Waals surface area (Å²) in [6.45, 7) is 7.39. The summed E-state index contributed by atoms with van der Waals surface area (Å²) >= 11 is 1.53. The molecule has 0 aromatic carbocycles. The molecule has 1 saturated heterocycles. The van der Waals surface area contributed by atoms with Crippen molar-refractivity contribution < 1.29 is 14.4 Å². The summed E-state index contributed by atoms with van der Waals surface area (Å²) < 4.78 is 5.97. The topological polar surface area (TPSA) is 77.4 Å². The van der Waals surface area contributed by atoms with E-state index >= 15 is 0 Å². The van der Waals surface area contributed by atoms with E-state index in [2.05, 4.69) is 15.2 Å². The Kier molecular flexibility index (Phi) is 5.95. The van der Waals surface area contributed by atoms with Gasteiger partial charge in [0.05, 0.1) is 11.5 Å². The molecule has 0 saturated carbocycles. The highest BCUT2D eigenvalue weighted by atomic mass is 32.1. The number of carbonyl (C=O) groups is 1. The number of ether oxygens (including phenoxy) is 1. The first-order valence-corrected chi connectivity index (χ1v) is 9.55. The predicted molar refractivity (Wildman–Crippen MR) is 98.1 cm³/mol. The van der Waals surface area contributed by atoms with Gasteiger partial charge >= 0.3 is 5.97 Å². The predicted octanol–water partition coefficient (Wildman–Crippen LogP) is 3.09. The number of aromatic nitrogens is 3. The molecule has 0 amide bonds. The minimum atomic E-state index is -0.488. The van der Waals surface area contributed by atoms with E-state index in [1.54, 1.807) is 17.5 Å². The van der Waals surface area contributed by atoms with Crippen molar-refractivity contribution in [1.29, 1.82) is 0 Å². The van der Waals surface area contributed by atoms with Crippen LogP contribution in [0.3, 0.4) is 0 Å². The third-order valence-electron chi connectivity index (χ3n) is 4.06. The molecule has 0 aliphatic carbocycles. The number of nitrogens with zero attached hydrogens (tertiary/aromatic N) is 4. The van der Waals surface area contributed by atoms with Crippen molar-refractivity contribution in [3.63, 3.8) is 0 Å². The Bertz CT molecular complexity index is 722. The molecule has 7 nitrogen and oxygen atoms in total. The molecule has 26 heavy (non-hydrogen) atoms. The largest absolute Gasteiger partial charge is 0.371 e. The first-order valence-electron chi connectivity index (χ1n) is 8.73. The minimum absolute atomic E-state index is 0.146. The zero-order chi connectivity index (χ0) is 18.6. The van der Waals surface area contributed by atoms with Crippen LogP contribution in [0.2, 0.25) is 0 Å². The fourth-order valence-corrected chi connectivity index (χ4v) is 3.22. The van der Waals surface area contributed by atoms with Crippen LogP contribution in [0.25, 0.3) is 10.6 Å². The Morgan fingerprint density at radius 3 is 2.58 bits per heavy atom. The van der Waals surface area contributed by atoms with Gasteiger partial charge in [-0.05, 0) is 45.7 Å². The van der Waals surface area contributed by atoms with E-state index < -0.39 is 5.41 Å². The van der Waals surface area contributed by atoms with Gasteiger partial charge in [-0.3, -0.25) is 4.98 Å². The van der Waals surface area contributed by atoms with Gasteiger partial charge in [-0.25, -0.2) is 4.79 Å². The zero-order valence-corrected chi connectivity index (χ0v) is 16.2. The summed E-state index contributed by atoms with van der Waals surface area (Å²) in [4.78, 5) is 21.4. The van der Waals surface area contributed by atoms with Gasteiger partial charge in [-0.15, -0.1) is 15.3 Å². The molecule has 1 aliphatic heterocycles. The van der Waals surface area contributed by atoms with E-state index in [4.69, 9.17) is 9.57 Å². The van der Waals surface area contributed by atoms with Crippen molar-refractivity contribution in [3.8, 4) is 10.6 Å². The van der Waals surface area contributed by atoms with Gasteiger partial charge < -0.3 is 9.57 Å². The fourth-order valence-electron chi connectivity index (χ4n) is 2.46. The zero-order valence-electron chi connectivity index (χ0n) is 15.3. The number of carbonyl (C=O) groups excluding carboxylic acids is 1. The summed E-state index contributed by atoms with van der Waals surface area (Å²) in [5, 5.41) is 11.9. The van der Waals surface area contributed by atoms with Gasteiger partial charge in [0.25, 0.3) is 0 Å². The number of hydroxylamine groups is 2. The summed E-state index contributed by atoms with van der Waals surface area (Å²) in [6.07, 6.45) is 5.29. The lowest BCUT2D eigenvalue weighted by Crippen LogP contribution is -2.40. The van der Waals surface area contributed by atoms with E-state index in [1.807, 2.05) is 32.9 Å². The van der Waals surface area contributed by atoms with Crippen LogP contribution in [0, 0.1) is 5.41 Å². The second-order valence-corrected chi connectivity index (χ2v) is 8.37. The minimum Gasteiger partial charge on any atom is -0.371 e. The van der Waals surface area contributed by atoms with Crippen LogP contribution in [0.4, 0.5) is 0 Å². The maximum atomic E-state index is 11.9. The Morgan fingerprint density at radius 1 is 1.23 bits per heavy atom. The Balaban J connectivity index is 1.43. The van der Waals surface area contributed by atoms with Crippen molar-refractivity contribution in [3.05, 3.63) is 29.5 Å². The van der Waals surface area contributed by atoms with Crippen LogP contribution in [0.15, 0.2) is 24.5 Å². The van der Waals surface area contributed by atoms with Crippen molar-refractivity contribution in [2.24, 2.45) is 5.41 Å². The SMILES string of the molecule is CC(C)(C)C(=O)ON1CCC(OCc2nnc(-c3ccncc3)s2)CC1. The molecule has 140 valence electrons. The van der Waals surface area contributed by atoms with Crippen molar-refractivity contribution in [2.75, 3.05) is 13.1 Å². The molecule has 0 N–H and O–H groups in total. The Morgan fingerprint density at radius 2 is 1.92 bits per heavy atom. The van der Waals surface area contributed by atoms with Crippen LogP contribution in [0.1, 0.15) is 38.6 Å². The lowest BCUT2D eigenvalue weighted by atomic mass is 9.98. The first kappa shape index (κ1) is 18.9. The standard InChI is InChI=1S/C18H24N4O3S/c1-18(2,3)17(23)25-22-10-6-14(7-11-22)24-12-15-20-21-16(26-15)13-4-8-19-9-5-13/h4-5,8-9,14H,6-7,10-12H2,1-3H3. The molecule has 0 radical (unpaired) electrons.